The van der Waals surface area contributed by atoms with Gasteiger partial charge in [0.05, 0.1) is 12.6 Å². The lowest BCUT2D eigenvalue weighted by molar-refractivity contribution is -0.120. The Morgan fingerprint density at radius 2 is 1.85 bits per heavy atom. The molecule has 0 aliphatic rings. The van der Waals surface area contributed by atoms with Gasteiger partial charge in [-0.2, -0.15) is 8.78 Å². The molecule has 7 heteroatoms. The van der Waals surface area contributed by atoms with E-state index in [-0.39, 0.29) is 24.1 Å². The van der Waals surface area contributed by atoms with Gasteiger partial charge in [-0.1, -0.05) is 30.3 Å². The van der Waals surface area contributed by atoms with Crippen molar-refractivity contribution in [2.45, 2.75) is 26.5 Å². The first-order chi connectivity index (χ1) is 12.4. The van der Waals surface area contributed by atoms with Crippen LogP contribution in [-0.4, -0.2) is 25.0 Å². The number of ether oxygens (including phenoxy) is 1. The Balaban J connectivity index is 1.89. The number of hydrogen-bond donors (Lipinski definition) is 2. The molecule has 2 N–H and O–H groups in total. The third-order valence-electron chi connectivity index (χ3n) is 3.76. The molecule has 1 unspecified atom stereocenters. The van der Waals surface area contributed by atoms with E-state index in [1.807, 2.05) is 19.1 Å². The molecule has 0 fully saturated rings. The van der Waals surface area contributed by atoms with Crippen molar-refractivity contribution in [2.24, 2.45) is 0 Å². The molecule has 0 saturated heterocycles. The van der Waals surface area contributed by atoms with Crippen molar-refractivity contribution in [3.63, 3.8) is 0 Å². The maximum absolute atomic E-state index is 12.3. The fourth-order valence-corrected chi connectivity index (χ4v) is 2.42. The molecule has 0 aliphatic heterocycles. The molecule has 5 nitrogen and oxygen atoms in total. The molecule has 0 bridgehead atoms. The van der Waals surface area contributed by atoms with E-state index >= 15 is 0 Å². The molecule has 2 aromatic rings. The van der Waals surface area contributed by atoms with Gasteiger partial charge in [-0.05, 0) is 43.2 Å². The highest BCUT2D eigenvalue weighted by atomic mass is 19.3. The summed E-state index contributed by atoms with van der Waals surface area (Å²) in [4.78, 5) is 24.1. The highest BCUT2D eigenvalue weighted by Gasteiger charge is 2.14. The maximum Gasteiger partial charge on any atom is 0.387 e. The number of nitrogens with one attached hydrogen (secondary N) is 2. The summed E-state index contributed by atoms with van der Waals surface area (Å²) in [6.45, 7) is 0.422. The Hall–Kier alpha value is -2.96. The fourth-order valence-electron chi connectivity index (χ4n) is 2.42. The highest BCUT2D eigenvalue weighted by molar-refractivity contribution is 5.97. The molecule has 26 heavy (non-hydrogen) atoms. The smallest absolute Gasteiger partial charge is 0.387 e. The van der Waals surface area contributed by atoms with Gasteiger partial charge in [-0.15, -0.1) is 0 Å². The van der Waals surface area contributed by atoms with E-state index in [9.17, 15) is 18.4 Å². The SMILES string of the molecule is Cc1ccccc1C(=O)NCC(=O)NC(C)c1cccc(OC(F)F)c1. The molecule has 0 heterocycles. The number of carbonyl (C=O) groups excluding carboxylic acids is 2. The Morgan fingerprint density at radius 3 is 2.54 bits per heavy atom. The predicted molar refractivity (Wildman–Crippen MR) is 93.1 cm³/mol. The van der Waals surface area contributed by atoms with Crippen LogP contribution in [0.15, 0.2) is 48.5 Å². The van der Waals surface area contributed by atoms with E-state index in [4.69, 9.17) is 0 Å². The Kier molecular flexibility index (Phi) is 6.66. The summed E-state index contributed by atoms with van der Waals surface area (Å²) >= 11 is 0. The monoisotopic (exact) mass is 362 g/mol. The van der Waals surface area contributed by atoms with E-state index in [1.165, 1.54) is 12.1 Å². The number of aryl methyl sites for hydroxylation is 1. The minimum absolute atomic E-state index is 0.0199. The molecule has 0 saturated carbocycles. The zero-order valence-electron chi connectivity index (χ0n) is 14.5. The van der Waals surface area contributed by atoms with Crippen LogP contribution in [0.3, 0.4) is 0 Å². The third kappa shape index (κ3) is 5.54. The van der Waals surface area contributed by atoms with Crippen LogP contribution in [0.25, 0.3) is 0 Å². The lowest BCUT2D eigenvalue weighted by atomic mass is 10.1. The van der Waals surface area contributed by atoms with Crippen LogP contribution in [0, 0.1) is 6.92 Å². The molecular weight excluding hydrogens is 342 g/mol. The molecule has 1 atom stereocenters. The zero-order chi connectivity index (χ0) is 19.1. The summed E-state index contributed by atoms with van der Waals surface area (Å²) in [6.07, 6.45) is 0. The topological polar surface area (TPSA) is 67.4 Å². The van der Waals surface area contributed by atoms with E-state index < -0.39 is 12.7 Å². The molecule has 0 aromatic heterocycles. The van der Waals surface area contributed by atoms with Gasteiger partial charge in [-0.3, -0.25) is 9.59 Å². The molecule has 2 amide bonds. The van der Waals surface area contributed by atoms with Crippen molar-refractivity contribution in [3.05, 3.63) is 65.2 Å². The minimum atomic E-state index is -2.91. The van der Waals surface area contributed by atoms with Crippen molar-refractivity contribution >= 4 is 11.8 Å². The van der Waals surface area contributed by atoms with Gasteiger partial charge in [0.25, 0.3) is 5.91 Å². The average molecular weight is 362 g/mol. The van der Waals surface area contributed by atoms with Crippen molar-refractivity contribution in [1.29, 1.82) is 0 Å². The standard InChI is InChI=1S/C19H20F2N2O3/c1-12-6-3-4-9-16(12)18(25)22-11-17(24)23-13(2)14-7-5-8-15(10-14)26-19(20)21/h3-10,13,19H,11H2,1-2H3,(H,22,25)(H,23,24). The number of hydrogen-bond acceptors (Lipinski definition) is 3. The van der Waals surface area contributed by atoms with Gasteiger partial charge in [0, 0.05) is 5.56 Å². The molecule has 0 radical (unpaired) electrons. The van der Waals surface area contributed by atoms with Crippen LogP contribution in [0.4, 0.5) is 8.78 Å². The van der Waals surface area contributed by atoms with Crippen molar-refractivity contribution < 1.29 is 23.1 Å². The van der Waals surface area contributed by atoms with Gasteiger partial charge >= 0.3 is 6.61 Å². The largest absolute Gasteiger partial charge is 0.435 e. The van der Waals surface area contributed by atoms with Crippen molar-refractivity contribution in [3.8, 4) is 5.75 Å². The molecule has 0 spiro atoms. The lowest BCUT2D eigenvalue weighted by Gasteiger charge is -2.16. The van der Waals surface area contributed by atoms with Gasteiger partial charge in [0.2, 0.25) is 5.91 Å². The van der Waals surface area contributed by atoms with Gasteiger partial charge in [0.15, 0.2) is 0 Å². The molecule has 2 aromatic carbocycles. The Labute approximate surface area is 150 Å². The van der Waals surface area contributed by atoms with Crippen LogP contribution in [-0.2, 0) is 4.79 Å². The van der Waals surface area contributed by atoms with Crippen molar-refractivity contribution in [1.82, 2.24) is 10.6 Å². The number of amides is 2. The third-order valence-corrected chi connectivity index (χ3v) is 3.76. The first-order valence-electron chi connectivity index (χ1n) is 8.05. The normalized spacial score (nSPS) is 11.7. The van der Waals surface area contributed by atoms with E-state index in [2.05, 4.69) is 15.4 Å². The summed E-state index contributed by atoms with van der Waals surface area (Å²) in [5.41, 5.74) is 1.93. The molecular formula is C19H20F2N2O3. The van der Waals surface area contributed by atoms with Gasteiger partial charge in [0.1, 0.15) is 5.75 Å². The molecule has 0 aliphatic carbocycles. The number of carbonyl (C=O) groups is 2. The van der Waals surface area contributed by atoms with E-state index in [0.717, 1.165) is 5.56 Å². The first kappa shape index (κ1) is 19.4. The summed E-state index contributed by atoms with van der Waals surface area (Å²) in [5.74, 6) is -0.704. The summed E-state index contributed by atoms with van der Waals surface area (Å²) in [7, 11) is 0. The van der Waals surface area contributed by atoms with Crippen molar-refractivity contribution in [2.75, 3.05) is 6.54 Å². The number of rotatable bonds is 7. The second-order valence-electron chi connectivity index (χ2n) is 5.74. The van der Waals surface area contributed by atoms with Gasteiger partial charge < -0.3 is 15.4 Å². The number of alkyl halides is 2. The fraction of sp³-hybridized carbons (Fsp3) is 0.263. The molecule has 2 rings (SSSR count). The zero-order valence-corrected chi connectivity index (χ0v) is 14.5. The first-order valence-corrected chi connectivity index (χ1v) is 8.05. The Morgan fingerprint density at radius 1 is 1.12 bits per heavy atom. The van der Waals surface area contributed by atoms with Crippen LogP contribution in [0.5, 0.6) is 5.75 Å². The van der Waals surface area contributed by atoms with Crippen LogP contribution in [0.2, 0.25) is 0 Å². The Bertz CT molecular complexity index is 781. The van der Waals surface area contributed by atoms with E-state index in [0.29, 0.717) is 11.1 Å². The quantitative estimate of drug-likeness (QED) is 0.795. The average Bonchev–Trinajstić information content (AvgIpc) is 2.59. The maximum atomic E-state index is 12.3. The summed E-state index contributed by atoms with van der Waals surface area (Å²) in [6, 6.07) is 12.7. The number of halogens is 2. The van der Waals surface area contributed by atoms with Crippen LogP contribution < -0.4 is 15.4 Å². The minimum Gasteiger partial charge on any atom is -0.435 e. The number of benzene rings is 2. The summed E-state index contributed by atoms with van der Waals surface area (Å²) < 4.78 is 28.9. The molecule has 138 valence electrons. The lowest BCUT2D eigenvalue weighted by Crippen LogP contribution is -2.38. The second-order valence-corrected chi connectivity index (χ2v) is 5.74. The van der Waals surface area contributed by atoms with Crippen LogP contribution >= 0.6 is 0 Å². The van der Waals surface area contributed by atoms with E-state index in [1.54, 1.807) is 31.2 Å². The van der Waals surface area contributed by atoms with Crippen LogP contribution in [0.1, 0.15) is 34.5 Å². The second kappa shape index (κ2) is 8.94. The predicted octanol–water partition coefficient (Wildman–Crippen LogP) is 3.20. The van der Waals surface area contributed by atoms with Gasteiger partial charge in [-0.25, -0.2) is 0 Å². The highest BCUT2D eigenvalue weighted by Crippen LogP contribution is 2.20. The summed E-state index contributed by atoms with van der Waals surface area (Å²) in [5, 5.41) is 5.26.